The summed E-state index contributed by atoms with van der Waals surface area (Å²) >= 11 is 0. The second kappa shape index (κ2) is 74.4. The molecule has 0 fully saturated rings. The molecular weight excluding hydrogens is 1320 g/mol. The molecule has 0 bridgehead atoms. The Morgan fingerprint density at radius 1 is 0.317 bits per heavy atom. The van der Waals surface area contributed by atoms with E-state index in [-0.39, 0.29) is 25.7 Å². The van der Waals surface area contributed by atoms with Crippen LogP contribution in [0.2, 0.25) is 0 Å². The summed E-state index contributed by atoms with van der Waals surface area (Å²) in [6.07, 6.45) is 68.7. The Labute approximate surface area is 618 Å². The van der Waals surface area contributed by atoms with E-state index in [2.05, 4.69) is 58.9 Å². The van der Waals surface area contributed by atoms with Crippen molar-refractivity contribution < 1.29 is 80.2 Å². The van der Waals surface area contributed by atoms with Gasteiger partial charge < -0.3 is 33.8 Å². The number of aliphatic hydroxyl groups is 1. The molecule has 0 saturated carbocycles. The van der Waals surface area contributed by atoms with E-state index >= 15 is 0 Å². The van der Waals surface area contributed by atoms with Gasteiger partial charge in [-0.15, -0.1) is 0 Å². The summed E-state index contributed by atoms with van der Waals surface area (Å²) in [6.45, 7) is 7.29. The molecule has 101 heavy (non-hydrogen) atoms. The number of ether oxygens (including phenoxy) is 4. The molecule has 6 atom stereocenters. The lowest BCUT2D eigenvalue weighted by Crippen LogP contribution is -2.30. The number of unbranched alkanes of at least 4 members (excludes halogenated alkanes) is 48. The smallest absolute Gasteiger partial charge is 0.462 e. The van der Waals surface area contributed by atoms with E-state index in [9.17, 15) is 43.2 Å². The van der Waals surface area contributed by atoms with Crippen molar-refractivity contribution in [3.8, 4) is 0 Å². The largest absolute Gasteiger partial charge is 0.472 e. The molecule has 0 aliphatic rings. The second-order valence-electron chi connectivity index (χ2n) is 29.1. The van der Waals surface area contributed by atoms with Gasteiger partial charge in [-0.3, -0.25) is 37.3 Å². The summed E-state index contributed by atoms with van der Waals surface area (Å²) in [6, 6.07) is 0. The van der Waals surface area contributed by atoms with Crippen LogP contribution in [0.3, 0.4) is 0 Å². The van der Waals surface area contributed by atoms with E-state index in [0.717, 1.165) is 115 Å². The lowest BCUT2D eigenvalue weighted by molar-refractivity contribution is -0.161. The number of carbonyl (C=O) groups is 4. The van der Waals surface area contributed by atoms with E-state index in [1.165, 1.54) is 218 Å². The summed E-state index contributed by atoms with van der Waals surface area (Å²) in [5.41, 5.74) is 0. The van der Waals surface area contributed by atoms with Crippen molar-refractivity contribution in [2.75, 3.05) is 39.6 Å². The van der Waals surface area contributed by atoms with E-state index in [1.54, 1.807) is 0 Å². The SMILES string of the molecule is CCCCCC/C=C\C=C/CCCCCCCC(=O)OC[C@H](COP(=O)(O)OC[C@@H](O)COP(=O)(O)OC[C@@H](COC(=O)CCCCCCCCCCCCCC)OC(=O)CCCCCCCCCCCCC(C)CC)OC(=O)CCCCCCCCCCCCCCCCCCCCCC. The number of hydrogen-bond donors (Lipinski definition) is 3. The second-order valence-corrected chi connectivity index (χ2v) is 32.0. The molecule has 0 aliphatic heterocycles. The Morgan fingerprint density at radius 2 is 0.554 bits per heavy atom. The summed E-state index contributed by atoms with van der Waals surface area (Å²) in [7, 11) is -9.93. The van der Waals surface area contributed by atoms with Gasteiger partial charge in [-0.1, -0.05) is 361 Å². The minimum absolute atomic E-state index is 0.102. The van der Waals surface area contributed by atoms with Gasteiger partial charge in [0.1, 0.15) is 19.3 Å². The maximum absolute atomic E-state index is 13.1. The number of aliphatic hydroxyl groups excluding tert-OH is 1. The van der Waals surface area contributed by atoms with Crippen molar-refractivity contribution in [3.63, 3.8) is 0 Å². The highest BCUT2D eigenvalue weighted by molar-refractivity contribution is 7.47. The van der Waals surface area contributed by atoms with E-state index < -0.39 is 97.5 Å². The first kappa shape index (κ1) is 98.5. The number of phosphoric acid groups is 2. The normalized spacial score (nSPS) is 14.3. The number of allylic oxidation sites excluding steroid dienone is 4. The van der Waals surface area contributed by atoms with Crippen LogP contribution in [0, 0.1) is 5.92 Å². The summed E-state index contributed by atoms with van der Waals surface area (Å²) in [5.74, 6) is -1.33. The molecule has 0 heterocycles. The predicted molar refractivity (Wildman–Crippen MR) is 414 cm³/mol. The van der Waals surface area contributed by atoms with Gasteiger partial charge in [-0.2, -0.15) is 0 Å². The van der Waals surface area contributed by atoms with Crippen LogP contribution in [0.4, 0.5) is 0 Å². The highest BCUT2D eigenvalue weighted by atomic mass is 31.2. The molecule has 0 aromatic heterocycles. The number of carbonyl (C=O) groups excluding carboxylic acids is 4. The lowest BCUT2D eigenvalue weighted by atomic mass is 9.99. The van der Waals surface area contributed by atoms with Crippen molar-refractivity contribution in [2.24, 2.45) is 5.92 Å². The van der Waals surface area contributed by atoms with Crippen molar-refractivity contribution in [1.82, 2.24) is 0 Å². The minimum Gasteiger partial charge on any atom is -0.462 e. The average Bonchev–Trinajstić information content (AvgIpc) is 0.932. The fourth-order valence-electron chi connectivity index (χ4n) is 12.2. The maximum atomic E-state index is 13.1. The maximum Gasteiger partial charge on any atom is 0.472 e. The van der Waals surface area contributed by atoms with Crippen LogP contribution in [0.15, 0.2) is 24.3 Å². The lowest BCUT2D eigenvalue weighted by Gasteiger charge is -2.21. The molecule has 596 valence electrons. The standard InChI is InChI=1S/C82H156O17P2/c1-6-10-13-16-19-22-25-28-30-31-32-33-34-36-38-41-47-52-57-62-67-81(86)98-77(71-93-80(85)66-61-56-51-46-40-37-35-29-26-23-20-17-14-11-7-2)73-96-100(88,89)94-69-76(83)70-95-101(90,91)97-74-78(72-92-79(84)65-60-55-50-45-39-27-24-21-18-15-12-8-3)99-82(87)68-63-58-53-48-43-42-44-49-54-59-64-75(5)9-4/h23,26,29,35,75-78,83H,6-22,24-25,27-28,30-34,36-74H2,1-5H3,(H,88,89)(H,90,91)/b26-23-,35-29-/t75?,76-,77-,78-/m1/s1. The van der Waals surface area contributed by atoms with Crippen LogP contribution in [0.5, 0.6) is 0 Å². The third-order valence-corrected chi connectivity index (χ3v) is 20.9. The Morgan fingerprint density at radius 3 is 0.842 bits per heavy atom. The van der Waals surface area contributed by atoms with Crippen molar-refractivity contribution in [1.29, 1.82) is 0 Å². The molecule has 0 aromatic carbocycles. The molecule has 3 N–H and O–H groups in total. The first-order valence-electron chi connectivity index (χ1n) is 42.0. The van der Waals surface area contributed by atoms with Gasteiger partial charge in [-0.25, -0.2) is 9.13 Å². The number of hydrogen-bond acceptors (Lipinski definition) is 15. The van der Waals surface area contributed by atoms with Crippen LogP contribution in [-0.4, -0.2) is 96.7 Å². The molecule has 17 nitrogen and oxygen atoms in total. The third kappa shape index (κ3) is 74.2. The Balaban J connectivity index is 5.28. The van der Waals surface area contributed by atoms with Crippen molar-refractivity contribution in [3.05, 3.63) is 24.3 Å². The van der Waals surface area contributed by atoms with E-state index in [1.807, 2.05) is 0 Å². The molecule has 0 amide bonds. The fraction of sp³-hybridized carbons (Fsp3) is 0.902. The predicted octanol–water partition coefficient (Wildman–Crippen LogP) is 24.4. The highest BCUT2D eigenvalue weighted by Gasteiger charge is 2.30. The molecule has 0 aromatic rings. The van der Waals surface area contributed by atoms with Crippen LogP contribution in [0.25, 0.3) is 0 Å². The molecule has 0 aliphatic carbocycles. The summed E-state index contributed by atoms with van der Waals surface area (Å²) in [5, 5.41) is 10.6. The molecule has 0 saturated heterocycles. The zero-order valence-corrected chi connectivity index (χ0v) is 67.3. The molecule has 19 heteroatoms. The van der Waals surface area contributed by atoms with Gasteiger partial charge >= 0.3 is 39.5 Å². The topological polar surface area (TPSA) is 237 Å². The zero-order valence-electron chi connectivity index (χ0n) is 65.5. The molecule has 0 radical (unpaired) electrons. The molecule has 0 spiro atoms. The summed E-state index contributed by atoms with van der Waals surface area (Å²) < 4.78 is 68.7. The Bertz CT molecular complexity index is 2020. The van der Waals surface area contributed by atoms with Gasteiger partial charge in [-0.05, 0) is 57.3 Å². The minimum atomic E-state index is -4.97. The quantitative estimate of drug-likeness (QED) is 0.0169. The zero-order chi connectivity index (χ0) is 74.1. The van der Waals surface area contributed by atoms with Crippen LogP contribution < -0.4 is 0 Å². The Hall–Kier alpha value is -2.46. The number of esters is 4. The molecule has 3 unspecified atom stereocenters. The monoisotopic (exact) mass is 1480 g/mol. The van der Waals surface area contributed by atoms with Crippen molar-refractivity contribution >= 4 is 39.5 Å². The van der Waals surface area contributed by atoms with Crippen LogP contribution in [-0.2, 0) is 65.4 Å². The van der Waals surface area contributed by atoms with Gasteiger partial charge in [0.2, 0.25) is 0 Å². The van der Waals surface area contributed by atoms with Gasteiger partial charge in [0.25, 0.3) is 0 Å². The van der Waals surface area contributed by atoms with Gasteiger partial charge in [0.15, 0.2) is 12.2 Å². The molecule has 0 rings (SSSR count). The third-order valence-electron chi connectivity index (χ3n) is 19.0. The number of rotatable bonds is 80. The van der Waals surface area contributed by atoms with Gasteiger partial charge in [0, 0.05) is 25.7 Å². The fourth-order valence-corrected chi connectivity index (χ4v) is 13.8. The van der Waals surface area contributed by atoms with Gasteiger partial charge in [0.05, 0.1) is 26.4 Å². The highest BCUT2D eigenvalue weighted by Crippen LogP contribution is 2.45. The summed E-state index contributed by atoms with van der Waals surface area (Å²) in [4.78, 5) is 73.1. The first-order valence-corrected chi connectivity index (χ1v) is 45.0. The molecular formula is C82H156O17P2. The van der Waals surface area contributed by atoms with E-state index in [0.29, 0.717) is 25.7 Å². The van der Waals surface area contributed by atoms with E-state index in [4.69, 9.17) is 37.0 Å². The Kier molecular flexibility index (Phi) is 72.6. The first-order chi connectivity index (χ1) is 49.1. The van der Waals surface area contributed by atoms with Crippen molar-refractivity contribution in [2.45, 2.75) is 432 Å². The number of phosphoric ester groups is 2. The van der Waals surface area contributed by atoms with Crippen LogP contribution in [0.1, 0.15) is 413 Å². The average molecular weight is 1480 g/mol. The van der Waals surface area contributed by atoms with Crippen LogP contribution >= 0.6 is 15.6 Å².